The summed E-state index contributed by atoms with van der Waals surface area (Å²) in [5, 5.41) is 8.93. The fourth-order valence-corrected chi connectivity index (χ4v) is 4.62. The monoisotopic (exact) mass is 339 g/mol. The van der Waals surface area contributed by atoms with E-state index in [1.807, 2.05) is 13.8 Å². The number of ether oxygens (including phenoxy) is 1. The van der Waals surface area contributed by atoms with Gasteiger partial charge in [0.15, 0.2) is 0 Å². The first-order valence-electron chi connectivity index (χ1n) is 7.63. The minimum absolute atomic E-state index is 0.235. The first kappa shape index (κ1) is 16.3. The molecule has 6 nitrogen and oxygen atoms in total. The Kier molecular flexibility index (Phi) is 3.68. The van der Waals surface area contributed by atoms with Gasteiger partial charge in [-0.1, -0.05) is 0 Å². The Morgan fingerprint density at radius 3 is 2.61 bits per heavy atom. The van der Waals surface area contributed by atoms with Gasteiger partial charge in [0, 0.05) is 19.5 Å². The van der Waals surface area contributed by atoms with Crippen LogP contribution < -0.4 is 4.74 Å². The minimum atomic E-state index is -3.62. The second kappa shape index (κ2) is 5.21. The lowest BCUT2D eigenvalue weighted by Gasteiger charge is -2.38. The van der Waals surface area contributed by atoms with Crippen molar-refractivity contribution >= 4 is 16.0 Å². The predicted octanol–water partition coefficient (Wildman–Crippen LogP) is 1.88. The molecule has 23 heavy (non-hydrogen) atoms. The van der Waals surface area contributed by atoms with Crippen LogP contribution in [0.4, 0.5) is 0 Å². The van der Waals surface area contributed by atoms with Gasteiger partial charge in [0.05, 0.1) is 10.8 Å². The summed E-state index contributed by atoms with van der Waals surface area (Å²) in [6.45, 7) is 3.93. The van der Waals surface area contributed by atoms with Crippen molar-refractivity contribution in [2.24, 2.45) is 5.92 Å². The van der Waals surface area contributed by atoms with E-state index in [2.05, 4.69) is 0 Å². The zero-order valence-electron chi connectivity index (χ0n) is 13.4. The van der Waals surface area contributed by atoms with Crippen LogP contribution in [0, 0.1) is 5.92 Å². The zero-order valence-corrected chi connectivity index (χ0v) is 14.3. The molecule has 1 aliphatic heterocycles. The molecule has 3 rings (SSSR count). The molecule has 126 valence electrons. The first-order chi connectivity index (χ1) is 10.6. The largest absolute Gasteiger partial charge is 0.487 e. The van der Waals surface area contributed by atoms with E-state index >= 15 is 0 Å². The van der Waals surface area contributed by atoms with Gasteiger partial charge in [0.2, 0.25) is 10.0 Å². The average molecular weight is 339 g/mol. The molecule has 0 aromatic heterocycles. The summed E-state index contributed by atoms with van der Waals surface area (Å²) in [5.41, 5.74) is 0.570. The molecule has 0 atom stereocenters. The van der Waals surface area contributed by atoms with E-state index in [-0.39, 0.29) is 16.5 Å². The van der Waals surface area contributed by atoms with E-state index in [9.17, 15) is 13.2 Å². The van der Waals surface area contributed by atoms with Crippen LogP contribution in [0.5, 0.6) is 5.75 Å². The molecule has 0 bridgehead atoms. The molecule has 1 aliphatic carbocycles. The van der Waals surface area contributed by atoms with Gasteiger partial charge in [-0.3, -0.25) is 4.79 Å². The number of nitrogens with zero attached hydrogens (tertiary/aromatic N) is 1. The van der Waals surface area contributed by atoms with Crippen LogP contribution in [-0.2, 0) is 21.2 Å². The molecule has 1 fully saturated rings. The second-order valence-electron chi connectivity index (χ2n) is 6.99. The minimum Gasteiger partial charge on any atom is -0.487 e. The van der Waals surface area contributed by atoms with Crippen molar-refractivity contribution in [2.45, 2.75) is 49.6 Å². The van der Waals surface area contributed by atoms with Crippen LogP contribution in [0.1, 0.15) is 32.3 Å². The number of carboxylic acid groups (broad SMARTS) is 1. The van der Waals surface area contributed by atoms with Gasteiger partial charge in [-0.25, -0.2) is 8.42 Å². The maximum absolute atomic E-state index is 12.7. The summed E-state index contributed by atoms with van der Waals surface area (Å²) in [6.07, 6.45) is 1.40. The summed E-state index contributed by atoms with van der Waals surface area (Å²) >= 11 is 0. The molecule has 7 heteroatoms. The van der Waals surface area contributed by atoms with Crippen molar-refractivity contribution in [3.05, 3.63) is 23.8 Å². The quantitative estimate of drug-likeness (QED) is 0.905. The Morgan fingerprint density at radius 1 is 1.35 bits per heavy atom. The lowest BCUT2D eigenvalue weighted by molar-refractivity contribution is -0.146. The highest BCUT2D eigenvalue weighted by Gasteiger charge is 2.41. The van der Waals surface area contributed by atoms with Gasteiger partial charge in [-0.15, -0.1) is 0 Å². The third-order valence-electron chi connectivity index (χ3n) is 4.69. The fourth-order valence-electron chi connectivity index (χ4n) is 3.20. The Bertz CT molecular complexity index is 750. The second-order valence-corrected chi connectivity index (χ2v) is 8.99. The van der Waals surface area contributed by atoms with Crippen LogP contribution in [0.3, 0.4) is 0 Å². The molecule has 1 heterocycles. The topological polar surface area (TPSA) is 83.9 Å². The third kappa shape index (κ3) is 2.83. The lowest BCUT2D eigenvalue weighted by atomic mass is 9.80. The number of benzene rings is 1. The molecule has 0 amide bonds. The van der Waals surface area contributed by atoms with Gasteiger partial charge in [0.25, 0.3) is 0 Å². The smallest absolute Gasteiger partial charge is 0.306 e. The summed E-state index contributed by atoms with van der Waals surface area (Å²) < 4.78 is 32.6. The Balaban J connectivity index is 1.80. The molecule has 0 unspecified atom stereocenters. The number of carbonyl (C=O) groups is 1. The van der Waals surface area contributed by atoms with Crippen molar-refractivity contribution in [3.8, 4) is 5.75 Å². The maximum Gasteiger partial charge on any atom is 0.306 e. The summed E-state index contributed by atoms with van der Waals surface area (Å²) in [7, 11) is -2.10. The molecular formula is C16H21NO5S. The normalized spacial score (nSPS) is 25.6. The van der Waals surface area contributed by atoms with E-state index in [4.69, 9.17) is 9.84 Å². The number of sulfonamides is 1. The van der Waals surface area contributed by atoms with Crippen LogP contribution in [0.25, 0.3) is 0 Å². The highest BCUT2D eigenvalue weighted by molar-refractivity contribution is 7.89. The molecule has 1 saturated carbocycles. The van der Waals surface area contributed by atoms with Crippen LogP contribution in [0.2, 0.25) is 0 Å². The molecular weight excluding hydrogens is 318 g/mol. The summed E-state index contributed by atoms with van der Waals surface area (Å²) in [5.74, 6) is -0.568. The number of hydrogen-bond acceptors (Lipinski definition) is 4. The van der Waals surface area contributed by atoms with Crippen molar-refractivity contribution in [1.82, 2.24) is 4.31 Å². The molecule has 0 spiro atoms. The molecule has 1 aromatic carbocycles. The van der Waals surface area contributed by atoms with Gasteiger partial charge >= 0.3 is 5.97 Å². The number of rotatable bonds is 4. The number of aliphatic carboxylic acids is 1. The van der Waals surface area contributed by atoms with Gasteiger partial charge in [-0.2, -0.15) is 4.31 Å². The highest BCUT2D eigenvalue weighted by atomic mass is 32.2. The Labute approximate surface area is 136 Å². The van der Waals surface area contributed by atoms with Gasteiger partial charge in [-0.05, 0) is 50.5 Å². The highest BCUT2D eigenvalue weighted by Crippen LogP contribution is 2.38. The molecule has 0 radical (unpaired) electrons. The van der Waals surface area contributed by atoms with E-state index < -0.39 is 21.9 Å². The van der Waals surface area contributed by atoms with Crippen molar-refractivity contribution in [1.29, 1.82) is 0 Å². The standard InChI is InChI=1S/C16H21NO5S/c1-16(2)9-11-8-13(4-5-14(11)22-16)23(20,21)17(3)12-6-10(7-12)15(18)19/h4-5,8,10,12H,6-7,9H2,1-3H3,(H,18,19). The molecule has 0 saturated heterocycles. The predicted molar refractivity (Wildman–Crippen MR) is 83.9 cm³/mol. The lowest BCUT2D eigenvalue weighted by Crippen LogP contribution is -2.47. The van der Waals surface area contributed by atoms with Gasteiger partial charge in [0.1, 0.15) is 11.4 Å². The molecule has 1 aromatic rings. The fraction of sp³-hybridized carbons (Fsp3) is 0.562. The van der Waals surface area contributed by atoms with Gasteiger partial charge < -0.3 is 9.84 Å². The van der Waals surface area contributed by atoms with E-state index in [0.717, 1.165) is 11.3 Å². The zero-order chi connectivity index (χ0) is 17.0. The van der Waals surface area contributed by atoms with E-state index in [1.165, 1.54) is 11.4 Å². The maximum atomic E-state index is 12.7. The van der Waals surface area contributed by atoms with Crippen molar-refractivity contribution in [2.75, 3.05) is 7.05 Å². The Hall–Kier alpha value is -1.60. The van der Waals surface area contributed by atoms with E-state index in [1.54, 1.807) is 18.2 Å². The SMILES string of the molecule is CN(C1CC(C(=O)O)C1)S(=O)(=O)c1ccc2c(c1)CC(C)(C)O2. The Morgan fingerprint density at radius 2 is 2.00 bits per heavy atom. The number of hydrogen-bond donors (Lipinski definition) is 1. The summed E-state index contributed by atoms with van der Waals surface area (Å²) in [4.78, 5) is 11.1. The van der Waals surface area contributed by atoms with Crippen molar-refractivity contribution < 1.29 is 23.1 Å². The van der Waals surface area contributed by atoms with Crippen LogP contribution >= 0.6 is 0 Å². The molecule has 1 N–H and O–H groups in total. The average Bonchev–Trinajstić information content (AvgIpc) is 2.68. The van der Waals surface area contributed by atoms with Crippen molar-refractivity contribution in [3.63, 3.8) is 0 Å². The number of fused-ring (bicyclic) bond motifs is 1. The van der Waals surface area contributed by atoms with Crippen LogP contribution in [0.15, 0.2) is 23.1 Å². The third-order valence-corrected chi connectivity index (χ3v) is 6.59. The molecule has 2 aliphatic rings. The number of carboxylic acids is 1. The van der Waals surface area contributed by atoms with E-state index in [0.29, 0.717) is 19.3 Å². The summed E-state index contributed by atoms with van der Waals surface area (Å²) in [6, 6.07) is 4.68. The van der Waals surface area contributed by atoms with Crippen LogP contribution in [-0.4, -0.2) is 42.5 Å². The first-order valence-corrected chi connectivity index (χ1v) is 9.07.